The topological polar surface area (TPSA) is 68.2 Å². The third-order valence-electron chi connectivity index (χ3n) is 9.48. The highest BCUT2D eigenvalue weighted by atomic mass is 17.1. The Morgan fingerprint density at radius 3 is 1.91 bits per heavy atom. The summed E-state index contributed by atoms with van der Waals surface area (Å²) in [7, 11) is 0. The van der Waals surface area contributed by atoms with Crippen molar-refractivity contribution in [3.8, 4) is 0 Å². The number of hydrogen-bond donors (Lipinski definition) is 2. The molecule has 0 bridgehead atoms. The van der Waals surface area contributed by atoms with Crippen molar-refractivity contribution in [2.24, 2.45) is 29.6 Å². The van der Waals surface area contributed by atoms with Gasteiger partial charge in [0.05, 0.1) is 12.2 Å². The van der Waals surface area contributed by atoms with Crippen LogP contribution in [0.4, 0.5) is 0 Å². The maximum absolute atomic E-state index is 9.81. The van der Waals surface area contributed by atoms with Crippen molar-refractivity contribution in [2.45, 2.75) is 134 Å². The minimum absolute atomic E-state index is 0.0107. The van der Waals surface area contributed by atoms with E-state index in [1.54, 1.807) is 6.08 Å². The van der Waals surface area contributed by atoms with Crippen LogP contribution in [0, 0.1) is 29.6 Å². The quantitative estimate of drug-likeness (QED) is 0.114. The zero-order chi connectivity index (χ0) is 24.2. The summed E-state index contributed by atoms with van der Waals surface area (Å²) in [5.41, 5.74) is 0. The first kappa shape index (κ1) is 28.1. The normalized spacial score (nSPS) is 34.4. The van der Waals surface area contributed by atoms with Crippen molar-refractivity contribution >= 4 is 0 Å². The lowest BCUT2D eigenvalue weighted by Gasteiger charge is -2.41. The van der Waals surface area contributed by atoms with Crippen LogP contribution in [0.2, 0.25) is 0 Å². The number of unbranched alkanes of at least 4 members (excludes halogenated alkanes) is 1. The van der Waals surface area contributed by atoms with E-state index >= 15 is 0 Å². The molecule has 2 atom stereocenters. The van der Waals surface area contributed by atoms with Gasteiger partial charge in [-0.05, 0) is 113 Å². The molecule has 3 aliphatic carbocycles. The van der Waals surface area contributed by atoms with Crippen molar-refractivity contribution in [1.29, 1.82) is 0 Å². The van der Waals surface area contributed by atoms with Crippen LogP contribution in [0.5, 0.6) is 0 Å². The van der Waals surface area contributed by atoms with E-state index in [-0.39, 0.29) is 12.2 Å². The van der Waals surface area contributed by atoms with E-state index in [2.05, 4.69) is 18.4 Å². The van der Waals surface area contributed by atoms with Crippen LogP contribution in [-0.2, 0) is 14.5 Å². The molecule has 198 valence electrons. The van der Waals surface area contributed by atoms with Crippen molar-refractivity contribution in [3.05, 3.63) is 12.7 Å². The van der Waals surface area contributed by atoms with Gasteiger partial charge in [-0.25, -0.2) is 9.78 Å². The first-order valence-electron chi connectivity index (χ1n) is 14.5. The fraction of sp³-hybridized carbons (Fsp3) is 0.931. The first-order valence-corrected chi connectivity index (χ1v) is 14.5. The van der Waals surface area contributed by atoms with Gasteiger partial charge in [0.15, 0.2) is 0 Å². The lowest BCUT2D eigenvalue weighted by Crippen LogP contribution is -2.38. The minimum Gasteiger partial charge on any atom is -0.378 e. The van der Waals surface area contributed by atoms with Crippen LogP contribution in [0.3, 0.4) is 0 Å². The molecule has 0 aliphatic heterocycles. The number of ether oxygens (including phenoxy) is 1. The van der Waals surface area contributed by atoms with Gasteiger partial charge in [0, 0.05) is 6.61 Å². The van der Waals surface area contributed by atoms with E-state index in [1.807, 2.05) is 0 Å². The molecule has 0 amide bonds. The molecule has 0 aromatic rings. The molecule has 0 aromatic heterocycles. The van der Waals surface area contributed by atoms with Crippen molar-refractivity contribution in [1.82, 2.24) is 0 Å². The summed E-state index contributed by atoms with van der Waals surface area (Å²) >= 11 is 0. The average Bonchev–Trinajstić information content (AvgIpc) is 2.89. The highest BCUT2D eigenvalue weighted by Crippen LogP contribution is 2.45. The monoisotopic (exact) mass is 480 g/mol. The van der Waals surface area contributed by atoms with Gasteiger partial charge in [-0.2, -0.15) is 0 Å². The van der Waals surface area contributed by atoms with Gasteiger partial charge in [0.1, 0.15) is 6.10 Å². The smallest absolute Gasteiger partial charge is 0.111 e. The zero-order valence-corrected chi connectivity index (χ0v) is 21.8. The summed E-state index contributed by atoms with van der Waals surface area (Å²) in [6, 6.07) is 0. The Bertz CT molecular complexity index is 531. The van der Waals surface area contributed by atoms with Crippen LogP contribution in [0.25, 0.3) is 0 Å². The molecule has 3 rings (SSSR count). The highest BCUT2D eigenvalue weighted by molar-refractivity contribution is 4.88. The van der Waals surface area contributed by atoms with Gasteiger partial charge in [0.25, 0.3) is 0 Å². The summed E-state index contributed by atoms with van der Waals surface area (Å²) in [6.07, 6.45) is 22.4. The molecule has 5 heteroatoms. The number of rotatable bonds is 14. The lowest BCUT2D eigenvalue weighted by molar-refractivity contribution is -0.307. The van der Waals surface area contributed by atoms with Crippen LogP contribution < -0.4 is 0 Å². The summed E-state index contributed by atoms with van der Waals surface area (Å²) in [4.78, 5) is 9.51. The Morgan fingerprint density at radius 1 is 0.794 bits per heavy atom. The lowest BCUT2D eigenvalue weighted by atomic mass is 9.66. The Balaban J connectivity index is 1.31. The maximum atomic E-state index is 9.81. The van der Waals surface area contributed by atoms with Crippen LogP contribution in [0.1, 0.15) is 116 Å². The molecule has 2 N–H and O–H groups in total. The fourth-order valence-electron chi connectivity index (χ4n) is 7.35. The second-order valence-corrected chi connectivity index (χ2v) is 11.6. The molecule has 34 heavy (non-hydrogen) atoms. The van der Waals surface area contributed by atoms with Crippen molar-refractivity contribution < 1.29 is 25.0 Å². The van der Waals surface area contributed by atoms with E-state index in [0.29, 0.717) is 17.9 Å². The molecular weight excluding hydrogens is 428 g/mol. The molecule has 3 saturated carbocycles. The summed E-state index contributed by atoms with van der Waals surface area (Å²) in [5.74, 6) is 3.84. The third-order valence-corrected chi connectivity index (χ3v) is 9.48. The molecule has 0 radical (unpaired) electrons. The minimum atomic E-state index is -0.276. The van der Waals surface area contributed by atoms with Crippen LogP contribution >= 0.6 is 0 Å². The van der Waals surface area contributed by atoms with E-state index < -0.39 is 0 Å². The molecule has 0 saturated heterocycles. The van der Waals surface area contributed by atoms with Gasteiger partial charge >= 0.3 is 0 Å². The highest BCUT2D eigenvalue weighted by Gasteiger charge is 2.38. The zero-order valence-electron chi connectivity index (χ0n) is 21.8. The molecule has 0 spiro atoms. The van der Waals surface area contributed by atoms with Crippen molar-refractivity contribution in [3.63, 3.8) is 0 Å². The second kappa shape index (κ2) is 15.6. The molecule has 3 aliphatic rings. The molecule has 0 aromatic carbocycles. The largest absolute Gasteiger partial charge is 0.378 e. The van der Waals surface area contributed by atoms with Crippen molar-refractivity contribution in [2.75, 3.05) is 6.61 Å². The number of hydrogen-bond acceptors (Lipinski definition) is 5. The van der Waals surface area contributed by atoms with Gasteiger partial charge in [-0.3, -0.25) is 10.5 Å². The second-order valence-electron chi connectivity index (χ2n) is 11.6. The summed E-state index contributed by atoms with van der Waals surface area (Å²) < 4.78 is 6.11. The SMILES string of the molecule is C=CC(CCCCOC1CCC(C(OO)C2CCC(C3CCC(CCC)CC3)CC2)CC1)OO. The molecular formula is C29H52O5. The van der Waals surface area contributed by atoms with E-state index in [4.69, 9.17) is 14.9 Å². The Labute approximate surface area is 208 Å². The van der Waals surface area contributed by atoms with E-state index in [0.717, 1.165) is 69.3 Å². The Kier molecular flexibility index (Phi) is 12.9. The molecule has 2 unspecified atom stereocenters. The van der Waals surface area contributed by atoms with Gasteiger partial charge in [0.2, 0.25) is 0 Å². The molecule has 0 heterocycles. The summed E-state index contributed by atoms with van der Waals surface area (Å²) in [6.45, 7) is 6.74. The first-order chi connectivity index (χ1) is 16.7. The van der Waals surface area contributed by atoms with Crippen LogP contribution in [-0.4, -0.2) is 35.4 Å². The van der Waals surface area contributed by atoms with Gasteiger partial charge in [-0.15, -0.1) is 6.58 Å². The average molecular weight is 481 g/mol. The summed E-state index contributed by atoms with van der Waals surface area (Å²) in [5, 5.41) is 18.5. The Morgan fingerprint density at radius 2 is 1.38 bits per heavy atom. The maximum Gasteiger partial charge on any atom is 0.111 e. The van der Waals surface area contributed by atoms with Gasteiger partial charge in [-0.1, -0.05) is 38.7 Å². The van der Waals surface area contributed by atoms with Crippen LogP contribution in [0.15, 0.2) is 12.7 Å². The molecule has 3 fully saturated rings. The fourth-order valence-corrected chi connectivity index (χ4v) is 7.35. The van der Waals surface area contributed by atoms with Gasteiger partial charge < -0.3 is 4.74 Å². The van der Waals surface area contributed by atoms with E-state index in [9.17, 15) is 5.26 Å². The van der Waals surface area contributed by atoms with E-state index in [1.165, 1.54) is 64.2 Å². The Hall–Kier alpha value is -0.460. The predicted molar refractivity (Wildman–Crippen MR) is 137 cm³/mol. The predicted octanol–water partition coefficient (Wildman–Crippen LogP) is 8.05. The standard InChI is InChI=1S/C29H52O5/c1-3-7-22-9-11-23(12-10-22)24-13-15-25(16-14-24)29(34-31)26-17-19-28(20-18-26)32-21-6-5-8-27(4-2)33-30/h4,22-31H,2-3,5-21H2,1H3. The third kappa shape index (κ3) is 8.58. The molecule has 5 nitrogen and oxygen atoms in total.